The Morgan fingerprint density at radius 2 is 1.81 bits per heavy atom. The number of amides is 2. The Morgan fingerprint density at radius 3 is 2.38 bits per heavy atom. The average molecular weight is 397 g/mol. The van der Waals surface area contributed by atoms with Gasteiger partial charge in [-0.25, -0.2) is 5.43 Å². The van der Waals surface area contributed by atoms with Crippen LogP contribution in [0.25, 0.3) is 0 Å². The smallest absolute Gasteiger partial charge is 0.340 e. The third-order valence-corrected chi connectivity index (χ3v) is 6.04. The minimum atomic E-state index is -4.11. The molecule has 2 aliphatic heterocycles. The van der Waals surface area contributed by atoms with Crippen LogP contribution in [0.2, 0.25) is 0 Å². The lowest BCUT2D eigenvalue weighted by Gasteiger charge is -2.42. The first-order valence-corrected chi connectivity index (χ1v) is 9.44. The van der Waals surface area contributed by atoms with E-state index in [1.165, 1.54) is 0 Å². The molecule has 10 heteroatoms. The average Bonchev–Trinajstić information content (AvgIpc) is 2.57. The van der Waals surface area contributed by atoms with Gasteiger partial charge in [0.2, 0.25) is 5.91 Å². The predicted molar refractivity (Wildman–Crippen MR) is 89.2 cm³/mol. The van der Waals surface area contributed by atoms with E-state index < -0.39 is 23.5 Å². The van der Waals surface area contributed by atoms with E-state index in [0.29, 0.717) is 39.0 Å². The lowest BCUT2D eigenvalue weighted by molar-refractivity contribution is -0.184. The molecule has 0 bridgehead atoms. The van der Waals surface area contributed by atoms with Crippen molar-refractivity contribution >= 4 is 23.4 Å². The third kappa shape index (κ3) is 4.43. The van der Waals surface area contributed by atoms with Crippen LogP contribution in [0.1, 0.15) is 25.7 Å². The van der Waals surface area contributed by atoms with Crippen LogP contribution in [0.4, 0.5) is 13.2 Å². The van der Waals surface area contributed by atoms with Crippen molar-refractivity contribution in [1.29, 1.82) is 0 Å². The minimum Gasteiger partial charge on any atom is -0.340 e. The molecule has 3 rings (SSSR count). The number of hydrogen-bond acceptors (Lipinski definition) is 4. The lowest BCUT2D eigenvalue weighted by atomic mass is 9.81. The highest BCUT2D eigenvalue weighted by Crippen LogP contribution is 2.39. The Labute approximate surface area is 155 Å². The number of halogens is 4. The fourth-order valence-corrected chi connectivity index (χ4v) is 4.47. The molecule has 6 nitrogen and oxygen atoms in total. The molecule has 0 aromatic carbocycles. The van der Waals surface area contributed by atoms with Gasteiger partial charge in [0.05, 0.1) is 17.8 Å². The van der Waals surface area contributed by atoms with Crippen LogP contribution in [0.5, 0.6) is 0 Å². The van der Waals surface area contributed by atoms with Crippen molar-refractivity contribution in [2.45, 2.75) is 43.3 Å². The maximum atomic E-state index is 12.8. The normalized spacial score (nSPS) is 34.7. The summed E-state index contributed by atoms with van der Waals surface area (Å²) in [5.74, 6) is -1.43. The molecule has 1 aliphatic carbocycles. The summed E-state index contributed by atoms with van der Waals surface area (Å²) < 4.78 is 38.3. The molecule has 1 saturated carbocycles. The number of carbonyl (C=O) groups is 2. The van der Waals surface area contributed by atoms with Gasteiger partial charge in [0.1, 0.15) is 6.04 Å². The summed E-state index contributed by atoms with van der Waals surface area (Å²) in [4.78, 5) is 28.0. The summed E-state index contributed by atoms with van der Waals surface area (Å²) in [5.41, 5.74) is 5.24. The third-order valence-electron chi connectivity index (χ3n) is 5.65. The van der Waals surface area contributed by atoms with Crippen molar-refractivity contribution in [2.75, 3.05) is 32.7 Å². The fraction of sp³-hybridized carbons (Fsp3) is 0.875. The maximum Gasteiger partial charge on any atom is 0.391 e. The molecule has 148 valence electrons. The van der Waals surface area contributed by atoms with Crippen LogP contribution in [0.15, 0.2) is 0 Å². The lowest BCUT2D eigenvalue weighted by Crippen LogP contribution is -2.66. The van der Waals surface area contributed by atoms with E-state index >= 15 is 0 Å². The predicted octanol–water partition coefficient (Wildman–Crippen LogP) is 1.11. The van der Waals surface area contributed by atoms with E-state index in [9.17, 15) is 22.8 Å². The molecule has 0 spiro atoms. The molecule has 2 amide bonds. The molecule has 0 aromatic rings. The molecule has 0 aromatic heterocycles. The number of rotatable bonds is 3. The minimum absolute atomic E-state index is 0.0932. The van der Waals surface area contributed by atoms with Crippen LogP contribution >= 0.6 is 11.6 Å². The standard InChI is InChI=1S/C16H24ClF3N4O2/c17-12-7-21-22-15(26)14(12)24-6-5-23(13(25)9-24)8-10-1-3-11(4-2-10)16(18,19)20/h10-12,14,21H,1-9H2,(H,22,26). The first kappa shape index (κ1) is 19.7. The van der Waals surface area contributed by atoms with E-state index in [1.54, 1.807) is 9.80 Å². The number of hydrogen-bond donors (Lipinski definition) is 2. The van der Waals surface area contributed by atoms with Crippen LogP contribution in [-0.2, 0) is 9.59 Å². The topological polar surface area (TPSA) is 64.7 Å². The van der Waals surface area contributed by atoms with Gasteiger partial charge in [0.15, 0.2) is 0 Å². The highest BCUT2D eigenvalue weighted by Gasteiger charge is 2.42. The monoisotopic (exact) mass is 396 g/mol. The molecular formula is C16H24ClF3N4O2. The summed E-state index contributed by atoms with van der Waals surface area (Å²) in [5, 5.41) is -0.416. The first-order valence-electron chi connectivity index (χ1n) is 9.01. The van der Waals surface area contributed by atoms with E-state index in [4.69, 9.17) is 11.6 Å². The van der Waals surface area contributed by atoms with Crippen LogP contribution in [0.3, 0.4) is 0 Å². The zero-order valence-corrected chi connectivity index (χ0v) is 15.2. The molecular weight excluding hydrogens is 373 g/mol. The zero-order chi connectivity index (χ0) is 18.9. The van der Waals surface area contributed by atoms with Crippen molar-refractivity contribution in [3.05, 3.63) is 0 Å². The molecule has 3 fully saturated rings. The number of alkyl halides is 4. The summed E-state index contributed by atoms with van der Waals surface area (Å²) in [7, 11) is 0. The van der Waals surface area contributed by atoms with Crippen LogP contribution in [-0.4, -0.2) is 71.9 Å². The number of nitrogens with one attached hydrogen (secondary N) is 2. The highest BCUT2D eigenvalue weighted by molar-refractivity contribution is 6.23. The van der Waals surface area contributed by atoms with Gasteiger partial charge in [0, 0.05) is 26.2 Å². The summed E-state index contributed by atoms with van der Waals surface area (Å²) >= 11 is 6.22. The molecule has 3 aliphatic rings. The molecule has 2 saturated heterocycles. The second kappa shape index (κ2) is 7.90. The van der Waals surface area contributed by atoms with E-state index in [0.717, 1.165) is 0 Å². The molecule has 2 heterocycles. The number of carbonyl (C=O) groups excluding carboxylic acids is 2. The Morgan fingerprint density at radius 1 is 1.12 bits per heavy atom. The van der Waals surface area contributed by atoms with E-state index in [2.05, 4.69) is 10.9 Å². The molecule has 2 N–H and O–H groups in total. The Bertz CT molecular complexity index is 540. The second-order valence-electron chi connectivity index (χ2n) is 7.40. The van der Waals surface area contributed by atoms with Crippen molar-refractivity contribution < 1.29 is 22.8 Å². The molecule has 2 unspecified atom stereocenters. The molecule has 2 atom stereocenters. The Hall–Kier alpha value is -1.06. The van der Waals surface area contributed by atoms with Crippen molar-refractivity contribution in [3.63, 3.8) is 0 Å². The zero-order valence-electron chi connectivity index (χ0n) is 14.4. The van der Waals surface area contributed by atoms with Crippen LogP contribution in [0, 0.1) is 11.8 Å². The van der Waals surface area contributed by atoms with Crippen molar-refractivity contribution in [3.8, 4) is 0 Å². The van der Waals surface area contributed by atoms with Gasteiger partial charge in [-0.3, -0.25) is 19.9 Å². The second-order valence-corrected chi connectivity index (χ2v) is 7.96. The van der Waals surface area contributed by atoms with Crippen molar-refractivity contribution in [2.24, 2.45) is 11.8 Å². The van der Waals surface area contributed by atoms with Gasteiger partial charge in [-0.15, -0.1) is 11.6 Å². The van der Waals surface area contributed by atoms with Crippen LogP contribution < -0.4 is 10.9 Å². The van der Waals surface area contributed by atoms with E-state index in [-0.39, 0.29) is 37.1 Å². The molecule has 26 heavy (non-hydrogen) atoms. The number of hydrazine groups is 1. The Balaban J connectivity index is 1.49. The van der Waals surface area contributed by atoms with Gasteiger partial charge in [-0.2, -0.15) is 13.2 Å². The van der Waals surface area contributed by atoms with E-state index in [1.807, 2.05) is 0 Å². The van der Waals surface area contributed by atoms with Gasteiger partial charge < -0.3 is 4.90 Å². The highest BCUT2D eigenvalue weighted by atomic mass is 35.5. The van der Waals surface area contributed by atoms with Gasteiger partial charge in [-0.05, 0) is 31.6 Å². The first-order chi connectivity index (χ1) is 12.3. The number of nitrogens with zero attached hydrogens (tertiary/aromatic N) is 2. The SMILES string of the molecule is O=C1NNCC(Cl)C1N1CCN(CC2CCC(C(F)(F)F)CC2)C(=O)C1. The van der Waals surface area contributed by atoms with Gasteiger partial charge in [0.25, 0.3) is 5.91 Å². The van der Waals surface area contributed by atoms with Gasteiger partial charge >= 0.3 is 6.18 Å². The summed E-state index contributed by atoms with van der Waals surface area (Å²) in [6.45, 7) is 2.04. The van der Waals surface area contributed by atoms with Crippen molar-refractivity contribution in [1.82, 2.24) is 20.7 Å². The summed E-state index contributed by atoms with van der Waals surface area (Å²) in [6.07, 6.45) is -2.83. The summed E-state index contributed by atoms with van der Waals surface area (Å²) in [6, 6.07) is -0.550. The Kier molecular flexibility index (Phi) is 5.98. The molecule has 0 radical (unpaired) electrons. The quantitative estimate of drug-likeness (QED) is 0.701. The number of piperazine rings is 1. The van der Waals surface area contributed by atoms with Gasteiger partial charge in [-0.1, -0.05) is 0 Å². The fourth-order valence-electron chi connectivity index (χ4n) is 4.12. The largest absolute Gasteiger partial charge is 0.391 e. The maximum absolute atomic E-state index is 12.8.